The van der Waals surface area contributed by atoms with Crippen LogP contribution in [0, 0.1) is 5.92 Å². The number of pyridine rings is 1. The predicted octanol–water partition coefficient (Wildman–Crippen LogP) is 5.32. The van der Waals surface area contributed by atoms with Gasteiger partial charge in [0.25, 0.3) is 0 Å². The molecule has 0 N–H and O–H groups in total. The molecule has 10 heteroatoms. The van der Waals surface area contributed by atoms with Gasteiger partial charge in [0.1, 0.15) is 5.75 Å². The molecular weight excluding hydrogens is 461 g/mol. The van der Waals surface area contributed by atoms with Gasteiger partial charge in [-0.2, -0.15) is 4.98 Å². The van der Waals surface area contributed by atoms with Gasteiger partial charge < -0.3 is 14.2 Å². The number of carbonyl (C=O) groups excluding carboxylic acids is 1. The SMILES string of the molecule is O=C(C1CCCC1)N1CC(c2ccc(OC(F)(F)F)cc2)CC(c2nc(-c3cccnc3)no2)C1. The molecule has 1 aliphatic carbocycles. The maximum Gasteiger partial charge on any atom is 0.573 e. The number of hydrogen-bond donors (Lipinski definition) is 0. The number of nitrogens with zero attached hydrogens (tertiary/aromatic N) is 4. The lowest BCUT2D eigenvalue weighted by molar-refractivity contribution is -0.274. The van der Waals surface area contributed by atoms with Crippen molar-refractivity contribution in [1.82, 2.24) is 20.0 Å². The maximum absolute atomic E-state index is 13.3. The van der Waals surface area contributed by atoms with E-state index in [1.165, 1.54) is 12.1 Å². The highest BCUT2D eigenvalue weighted by Gasteiger charge is 2.37. The molecule has 0 spiro atoms. The molecule has 1 saturated carbocycles. The maximum atomic E-state index is 13.3. The van der Waals surface area contributed by atoms with Crippen LogP contribution in [0.4, 0.5) is 13.2 Å². The predicted molar refractivity (Wildman–Crippen MR) is 119 cm³/mol. The minimum atomic E-state index is -4.74. The largest absolute Gasteiger partial charge is 0.573 e. The van der Waals surface area contributed by atoms with E-state index in [0.29, 0.717) is 31.2 Å². The highest BCUT2D eigenvalue weighted by molar-refractivity contribution is 5.79. The number of halogens is 3. The van der Waals surface area contributed by atoms with Crippen LogP contribution in [0.25, 0.3) is 11.4 Å². The summed E-state index contributed by atoms with van der Waals surface area (Å²) in [5.74, 6) is 0.459. The summed E-state index contributed by atoms with van der Waals surface area (Å²) in [5.41, 5.74) is 1.56. The normalized spacial score (nSPS) is 21.3. The van der Waals surface area contributed by atoms with Crippen LogP contribution in [0.3, 0.4) is 0 Å². The topological polar surface area (TPSA) is 81.4 Å². The van der Waals surface area contributed by atoms with Crippen LogP contribution in [0.15, 0.2) is 53.3 Å². The molecule has 3 aromatic rings. The quantitative estimate of drug-likeness (QED) is 0.486. The van der Waals surface area contributed by atoms with Gasteiger partial charge in [-0.25, -0.2) is 0 Å². The van der Waals surface area contributed by atoms with E-state index in [2.05, 4.69) is 19.9 Å². The van der Waals surface area contributed by atoms with Crippen LogP contribution in [0.5, 0.6) is 5.75 Å². The second-order valence-electron chi connectivity index (χ2n) is 9.17. The molecule has 0 radical (unpaired) electrons. The summed E-state index contributed by atoms with van der Waals surface area (Å²) in [6, 6.07) is 9.50. The molecule has 3 heterocycles. The van der Waals surface area contributed by atoms with Crippen molar-refractivity contribution in [2.24, 2.45) is 5.92 Å². The number of alkyl halides is 3. The standard InChI is InChI=1S/C25H25F3N4O3/c26-25(27,28)34-21-9-7-16(8-10-21)19-12-20(15-32(14-19)24(33)17-4-1-2-5-17)23-30-22(31-35-23)18-6-3-11-29-13-18/h3,6-11,13,17,19-20H,1-2,4-5,12,14-15H2. The Hall–Kier alpha value is -3.43. The van der Waals surface area contributed by atoms with Crippen molar-refractivity contribution >= 4 is 5.91 Å². The van der Waals surface area contributed by atoms with Crippen molar-refractivity contribution in [3.05, 3.63) is 60.2 Å². The van der Waals surface area contributed by atoms with Gasteiger partial charge in [0.2, 0.25) is 17.6 Å². The third-order valence-corrected chi connectivity index (χ3v) is 6.76. The zero-order valence-corrected chi connectivity index (χ0v) is 18.9. The summed E-state index contributed by atoms with van der Waals surface area (Å²) in [7, 11) is 0. The molecule has 1 saturated heterocycles. The Balaban J connectivity index is 1.39. The molecule has 1 amide bonds. The molecule has 5 rings (SSSR count). The Kier molecular flexibility index (Phi) is 6.44. The highest BCUT2D eigenvalue weighted by atomic mass is 19.4. The van der Waals surface area contributed by atoms with Crippen LogP contribution in [0.2, 0.25) is 0 Å². The van der Waals surface area contributed by atoms with Crippen molar-refractivity contribution in [1.29, 1.82) is 0 Å². The number of ether oxygens (including phenoxy) is 1. The summed E-state index contributed by atoms with van der Waals surface area (Å²) >= 11 is 0. The summed E-state index contributed by atoms with van der Waals surface area (Å²) in [6.45, 7) is 0.963. The molecular formula is C25H25F3N4O3. The smallest absolute Gasteiger partial charge is 0.406 e. The molecule has 2 aliphatic rings. The first kappa shape index (κ1) is 23.3. The van der Waals surface area contributed by atoms with Crippen LogP contribution < -0.4 is 4.74 Å². The Morgan fingerprint density at radius 2 is 1.80 bits per heavy atom. The van der Waals surface area contributed by atoms with Crippen LogP contribution in [-0.4, -0.2) is 45.4 Å². The van der Waals surface area contributed by atoms with Gasteiger partial charge in [0.15, 0.2) is 0 Å². The Morgan fingerprint density at radius 1 is 1.06 bits per heavy atom. The fraction of sp³-hybridized carbons (Fsp3) is 0.440. The number of likely N-dealkylation sites (tertiary alicyclic amines) is 1. The zero-order chi connectivity index (χ0) is 24.4. The molecule has 184 valence electrons. The molecule has 35 heavy (non-hydrogen) atoms. The first-order valence-corrected chi connectivity index (χ1v) is 11.7. The van der Waals surface area contributed by atoms with Crippen LogP contribution in [-0.2, 0) is 4.79 Å². The van der Waals surface area contributed by atoms with Gasteiger partial charge in [-0.1, -0.05) is 30.1 Å². The third kappa shape index (κ3) is 5.47. The Bertz CT molecular complexity index is 1140. The monoisotopic (exact) mass is 486 g/mol. The van der Waals surface area contributed by atoms with E-state index in [4.69, 9.17) is 4.52 Å². The average Bonchev–Trinajstić information content (AvgIpc) is 3.56. The van der Waals surface area contributed by atoms with E-state index in [-0.39, 0.29) is 29.4 Å². The zero-order valence-electron chi connectivity index (χ0n) is 18.9. The van der Waals surface area contributed by atoms with Gasteiger partial charge in [0.05, 0.1) is 5.92 Å². The van der Waals surface area contributed by atoms with Crippen LogP contribution in [0.1, 0.15) is 55.4 Å². The minimum absolute atomic E-state index is 0.0191. The first-order valence-electron chi connectivity index (χ1n) is 11.7. The van der Waals surface area contributed by atoms with Crippen molar-refractivity contribution in [2.45, 2.75) is 50.3 Å². The summed E-state index contributed by atoms with van der Waals surface area (Å²) < 4.78 is 47.3. The second kappa shape index (κ2) is 9.67. The number of aromatic nitrogens is 3. The van der Waals surface area contributed by atoms with Gasteiger partial charge in [-0.3, -0.25) is 9.78 Å². The molecule has 0 bridgehead atoms. The summed E-state index contributed by atoms with van der Waals surface area (Å²) in [6.07, 6.45) is 3.08. The van der Waals surface area contributed by atoms with Gasteiger partial charge in [0, 0.05) is 42.9 Å². The fourth-order valence-corrected chi connectivity index (χ4v) is 5.09. The molecule has 2 aromatic heterocycles. The fourth-order valence-electron chi connectivity index (χ4n) is 5.09. The first-order chi connectivity index (χ1) is 16.9. The summed E-state index contributed by atoms with van der Waals surface area (Å²) in [5, 5.41) is 4.10. The van der Waals surface area contributed by atoms with Crippen molar-refractivity contribution in [3.63, 3.8) is 0 Å². The Labute approximate surface area is 200 Å². The molecule has 1 aliphatic heterocycles. The number of piperidine rings is 1. The van der Waals surface area contributed by atoms with Gasteiger partial charge in [-0.15, -0.1) is 13.2 Å². The van der Waals surface area contributed by atoms with Crippen molar-refractivity contribution in [3.8, 4) is 17.1 Å². The number of hydrogen-bond acceptors (Lipinski definition) is 6. The van der Waals surface area contributed by atoms with Gasteiger partial charge in [-0.05, 0) is 49.1 Å². The average molecular weight is 486 g/mol. The number of carbonyl (C=O) groups is 1. The van der Waals surface area contributed by atoms with Crippen LogP contribution >= 0.6 is 0 Å². The lowest BCUT2D eigenvalue weighted by Gasteiger charge is -2.38. The van der Waals surface area contributed by atoms with Gasteiger partial charge >= 0.3 is 6.36 Å². The molecule has 2 unspecified atom stereocenters. The van der Waals surface area contributed by atoms with E-state index in [1.54, 1.807) is 30.6 Å². The highest BCUT2D eigenvalue weighted by Crippen LogP contribution is 2.38. The lowest BCUT2D eigenvalue weighted by atomic mass is 9.83. The number of rotatable bonds is 5. The Morgan fingerprint density at radius 3 is 2.49 bits per heavy atom. The molecule has 2 atom stereocenters. The molecule has 2 fully saturated rings. The molecule has 7 nitrogen and oxygen atoms in total. The third-order valence-electron chi connectivity index (χ3n) is 6.76. The molecule has 1 aromatic carbocycles. The summed E-state index contributed by atoms with van der Waals surface area (Å²) in [4.78, 5) is 23.8. The van der Waals surface area contributed by atoms with Crippen molar-refractivity contribution in [2.75, 3.05) is 13.1 Å². The van der Waals surface area contributed by atoms with E-state index in [0.717, 1.165) is 36.8 Å². The second-order valence-corrected chi connectivity index (χ2v) is 9.17. The van der Waals surface area contributed by atoms with E-state index in [1.807, 2.05) is 11.0 Å². The minimum Gasteiger partial charge on any atom is -0.406 e. The number of benzene rings is 1. The van der Waals surface area contributed by atoms with E-state index < -0.39 is 6.36 Å². The lowest BCUT2D eigenvalue weighted by Crippen LogP contribution is -2.44. The van der Waals surface area contributed by atoms with E-state index >= 15 is 0 Å². The number of amides is 1. The van der Waals surface area contributed by atoms with Crippen molar-refractivity contribution < 1.29 is 27.2 Å². The van der Waals surface area contributed by atoms with E-state index in [9.17, 15) is 18.0 Å².